The van der Waals surface area contributed by atoms with Gasteiger partial charge in [-0.05, 0) is 24.5 Å². The monoisotopic (exact) mass is 376 g/mol. The molecule has 3 fully saturated rings. The molecule has 1 unspecified atom stereocenters. The van der Waals surface area contributed by atoms with Crippen LogP contribution in [-0.2, 0) is 14.9 Å². The van der Waals surface area contributed by atoms with Crippen molar-refractivity contribution >= 4 is 5.97 Å². The minimum atomic E-state index is -0.785. The fourth-order valence-corrected chi connectivity index (χ4v) is 6.19. The molecule has 0 spiro atoms. The minimum absolute atomic E-state index is 0.0493. The highest BCUT2D eigenvalue weighted by Crippen LogP contribution is 2.61. The number of esters is 1. The highest BCUT2D eigenvalue weighted by molar-refractivity contribution is 5.87. The van der Waals surface area contributed by atoms with Gasteiger partial charge in [0.05, 0.1) is 26.2 Å². The molecule has 2 saturated heterocycles. The van der Waals surface area contributed by atoms with Gasteiger partial charge < -0.3 is 9.22 Å². The number of hydrogen-bond donors (Lipinski definition) is 0. The number of piperidine rings is 2. The van der Waals surface area contributed by atoms with Crippen molar-refractivity contribution in [3.8, 4) is 0 Å². The van der Waals surface area contributed by atoms with Crippen molar-refractivity contribution in [3.05, 3.63) is 71.8 Å². The first kappa shape index (κ1) is 17.9. The Hall–Kier alpha value is -2.13. The Morgan fingerprint density at radius 1 is 0.857 bits per heavy atom. The quantitative estimate of drug-likeness (QED) is 0.592. The van der Waals surface area contributed by atoms with Gasteiger partial charge in [-0.2, -0.15) is 0 Å². The number of nitrogens with zero attached hydrogens (tertiary/aromatic N) is 1. The normalized spacial score (nSPS) is 32.5. The van der Waals surface area contributed by atoms with Crippen molar-refractivity contribution in [3.63, 3.8) is 0 Å². The summed E-state index contributed by atoms with van der Waals surface area (Å²) in [6, 6.07) is 21.4. The molecule has 2 bridgehead atoms. The van der Waals surface area contributed by atoms with Gasteiger partial charge in [0.15, 0.2) is 0 Å². The second-order valence-corrected chi connectivity index (χ2v) is 9.68. The van der Waals surface area contributed by atoms with Crippen molar-refractivity contribution in [2.45, 2.75) is 49.8 Å². The SMILES string of the molecule is CC(C(=O)OC1C[C@@H]2[C@@H]3C[C@@H]3[C@H](C1)[N+]2(C)C)(c1ccccc1)c1ccccc1. The summed E-state index contributed by atoms with van der Waals surface area (Å²) in [4.78, 5) is 13.6. The van der Waals surface area contributed by atoms with Crippen molar-refractivity contribution in [1.29, 1.82) is 0 Å². The van der Waals surface area contributed by atoms with Crippen LogP contribution in [0.3, 0.4) is 0 Å². The van der Waals surface area contributed by atoms with Crippen LogP contribution in [0.25, 0.3) is 0 Å². The van der Waals surface area contributed by atoms with E-state index in [1.807, 2.05) is 67.6 Å². The van der Waals surface area contributed by atoms with E-state index in [4.69, 9.17) is 4.74 Å². The fourth-order valence-electron chi connectivity index (χ4n) is 6.19. The highest BCUT2D eigenvalue weighted by Gasteiger charge is 2.68. The molecule has 2 aliphatic heterocycles. The maximum atomic E-state index is 13.6. The molecule has 2 aromatic rings. The Kier molecular flexibility index (Phi) is 3.96. The zero-order valence-electron chi connectivity index (χ0n) is 17.0. The summed E-state index contributed by atoms with van der Waals surface area (Å²) < 4.78 is 7.38. The lowest BCUT2D eigenvalue weighted by molar-refractivity contribution is -0.937. The van der Waals surface area contributed by atoms with Gasteiger partial charge in [-0.1, -0.05) is 60.7 Å². The number of quaternary nitrogens is 1. The van der Waals surface area contributed by atoms with E-state index >= 15 is 0 Å². The molecular weight excluding hydrogens is 346 g/mol. The van der Waals surface area contributed by atoms with Crippen molar-refractivity contribution < 1.29 is 14.0 Å². The van der Waals surface area contributed by atoms with Gasteiger partial charge >= 0.3 is 5.97 Å². The number of rotatable bonds is 4. The zero-order chi connectivity index (χ0) is 19.5. The fraction of sp³-hybridized carbons (Fsp3) is 0.480. The first-order valence-corrected chi connectivity index (χ1v) is 10.6. The summed E-state index contributed by atoms with van der Waals surface area (Å²) in [5.74, 6) is 1.60. The van der Waals surface area contributed by atoms with E-state index in [0.29, 0.717) is 12.1 Å². The Morgan fingerprint density at radius 3 is 1.79 bits per heavy atom. The molecule has 0 aromatic heterocycles. The first-order valence-electron chi connectivity index (χ1n) is 10.6. The van der Waals surface area contributed by atoms with E-state index in [0.717, 1.165) is 40.3 Å². The van der Waals surface area contributed by atoms with Crippen LogP contribution >= 0.6 is 0 Å². The average Bonchev–Trinajstić information content (AvgIpc) is 3.47. The average molecular weight is 377 g/mol. The van der Waals surface area contributed by atoms with E-state index in [9.17, 15) is 4.79 Å². The molecular formula is C25H30NO2+. The molecule has 0 N–H and O–H groups in total. The summed E-state index contributed by atoms with van der Waals surface area (Å²) in [7, 11) is 4.75. The number of carbonyl (C=O) groups excluding carboxylic acids is 1. The molecule has 2 heterocycles. The van der Waals surface area contributed by atoms with Crippen LogP contribution in [0, 0.1) is 11.8 Å². The summed E-state index contributed by atoms with van der Waals surface area (Å²) >= 11 is 0. The molecule has 0 amide bonds. The molecule has 3 nitrogen and oxygen atoms in total. The number of benzene rings is 2. The van der Waals surface area contributed by atoms with Crippen LogP contribution in [0.2, 0.25) is 0 Å². The summed E-state index contributed by atoms with van der Waals surface area (Å²) in [5, 5.41) is 0. The molecule has 5 atom stereocenters. The number of fused-ring (bicyclic) bond motifs is 5. The topological polar surface area (TPSA) is 26.3 Å². The van der Waals surface area contributed by atoms with Gasteiger partial charge in [0, 0.05) is 24.7 Å². The maximum Gasteiger partial charge on any atom is 0.321 e. The lowest BCUT2D eigenvalue weighted by Crippen LogP contribution is -2.59. The molecule has 1 aliphatic carbocycles. The Balaban J connectivity index is 1.42. The molecule has 1 saturated carbocycles. The minimum Gasteiger partial charge on any atom is -0.461 e. The second kappa shape index (κ2) is 6.18. The Labute approximate surface area is 167 Å². The van der Waals surface area contributed by atoms with Crippen LogP contribution in [0.15, 0.2) is 60.7 Å². The van der Waals surface area contributed by atoms with E-state index in [-0.39, 0.29) is 12.1 Å². The molecule has 0 radical (unpaired) electrons. The smallest absolute Gasteiger partial charge is 0.321 e. The Bertz CT molecular complexity index is 816. The summed E-state index contributed by atoms with van der Waals surface area (Å²) in [5.41, 5.74) is 1.19. The van der Waals surface area contributed by atoms with Crippen LogP contribution in [0.1, 0.15) is 37.3 Å². The molecule has 3 heteroatoms. The summed E-state index contributed by atoms with van der Waals surface area (Å²) in [6.07, 6.45) is 3.46. The van der Waals surface area contributed by atoms with Crippen LogP contribution in [-0.4, -0.2) is 42.7 Å². The van der Waals surface area contributed by atoms with Gasteiger partial charge in [-0.3, -0.25) is 4.79 Å². The van der Waals surface area contributed by atoms with E-state index in [1.54, 1.807) is 0 Å². The molecule has 146 valence electrons. The van der Waals surface area contributed by atoms with Crippen molar-refractivity contribution in [1.82, 2.24) is 0 Å². The van der Waals surface area contributed by atoms with Crippen LogP contribution in [0.4, 0.5) is 0 Å². The molecule has 2 aromatic carbocycles. The van der Waals surface area contributed by atoms with Gasteiger partial charge in [0.2, 0.25) is 0 Å². The third-order valence-electron chi connectivity index (χ3n) is 7.98. The predicted molar refractivity (Wildman–Crippen MR) is 110 cm³/mol. The number of hydrogen-bond acceptors (Lipinski definition) is 2. The van der Waals surface area contributed by atoms with Gasteiger partial charge in [0.25, 0.3) is 0 Å². The maximum absolute atomic E-state index is 13.6. The van der Waals surface area contributed by atoms with Crippen LogP contribution in [0.5, 0.6) is 0 Å². The van der Waals surface area contributed by atoms with Gasteiger partial charge in [-0.25, -0.2) is 0 Å². The number of ether oxygens (including phenoxy) is 1. The van der Waals surface area contributed by atoms with Gasteiger partial charge in [-0.15, -0.1) is 0 Å². The summed E-state index contributed by atoms with van der Waals surface area (Å²) in [6.45, 7) is 2.01. The highest BCUT2D eigenvalue weighted by atomic mass is 16.5. The standard InChI is InChI=1S/C25H30NO2/c1-25(17-10-6-4-7-11-17,18-12-8-5-9-13-18)24(27)28-19-14-22-20-16-21(20)23(15-19)26(22,2)3/h4-13,19-23H,14-16H2,1-3H3/q+1/t19?,20-,21+,22-,23+. The van der Waals surface area contributed by atoms with Crippen LogP contribution < -0.4 is 0 Å². The predicted octanol–water partition coefficient (Wildman–Crippen LogP) is 4.16. The zero-order valence-corrected chi connectivity index (χ0v) is 17.0. The van der Waals surface area contributed by atoms with Crippen molar-refractivity contribution in [2.75, 3.05) is 14.1 Å². The number of carbonyl (C=O) groups is 1. The molecule has 5 rings (SSSR count). The molecule has 3 aliphatic rings. The van der Waals surface area contributed by atoms with E-state index in [1.165, 1.54) is 6.42 Å². The van der Waals surface area contributed by atoms with Crippen molar-refractivity contribution in [2.24, 2.45) is 11.8 Å². The van der Waals surface area contributed by atoms with E-state index in [2.05, 4.69) is 14.1 Å². The Morgan fingerprint density at radius 2 is 1.32 bits per heavy atom. The largest absolute Gasteiger partial charge is 0.461 e. The second-order valence-electron chi connectivity index (χ2n) is 9.68. The van der Waals surface area contributed by atoms with E-state index < -0.39 is 5.41 Å². The third kappa shape index (κ3) is 2.56. The lowest BCUT2D eigenvalue weighted by atomic mass is 9.76. The molecule has 28 heavy (non-hydrogen) atoms. The van der Waals surface area contributed by atoms with Gasteiger partial charge in [0.1, 0.15) is 11.5 Å². The third-order valence-corrected chi connectivity index (χ3v) is 7.98. The first-order chi connectivity index (χ1) is 13.4. The lowest BCUT2D eigenvalue weighted by Gasteiger charge is -2.46.